The number of rotatable bonds is 24. The molecule has 0 atom stereocenters. The van der Waals surface area contributed by atoms with E-state index in [-0.39, 0.29) is 18.7 Å². The number of carboxylic acid groups (broad SMARTS) is 1. The molecular formula is C19H36ClNO9. The number of carbonyl (C=O) groups excluding carboxylic acids is 1. The highest BCUT2D eigenvalue weighted by Crippen LogP contribution is 1.90. The van der Waals surface area contributed by atoms with Gasteiger partial charge >= 0.3 is 5.97 Å². The third kappa shape index (κ3) is 25.0. The first-order chi connectivity index (χ1) is 14.7. The standard InChI is InChI=1S/C19H36ClNO9/c20-4-7-26-9-11-28-13-15-30-17-16-29-14-12-27-10-8-25-6-1-5-21-18(22)2-3-19(23)24/h1-17H2,(H,21,22)(H,23,24). The number of hydrogen-bond donors (Lipinski definition) is 2. The van der Waals surface area contributed by atoms with Crippen molar-refractivity contribution in [3.05, 3.63) is 0 Å². The minimum Gasteiger partial charge on any atom is -0.481 e. The molecule has 0 unspecified atom stereocenters. The van der Waals surface area contributed by atoms with Crippen LogP contribution in [0.4, 0.5) is 0 Å². The van der Waals surface area contributed by atoms with Gasteiger partial charge in [0.15, 0.2) is 0 Å². The van der Waals surface area contributed by atoms with Crippen molar-refractivity contribution in [1.29, 1.82) is 0 Å². The molecule has 2 N–H and O–H groups in total. The van der Waals surface area contributed by atoms with E-state index in [0.29, 0.717) is 98.1 Å². The quantitative estimate of drug-likeness (QED) is 0.159. The van der Waals surface area contributed by atoms with Gasteiger partial charge in [-0.3, -0.25) is 9.59 Å². The predicted octanol–water partition coefficient (Wildman–Crippen LogP) is 0.696. The minimum absolute atomic E-state index is 0.00172. The maximum Gasteiger partial charge on any atom is 0.303 e. The number of aliphatic carboxylic acids is 1. The Hall–Kier alpha value is -1.01. The van der Waals surface area contributed by atoms with Gasteiger partial charge in [0.2, 0.25) is 5.91 Å². The monoisotopic (exact) mass is 457 g/mol. The van der Waals surface area contributed by atoms with Gasteiger partial charge in [-0.1, -0.05) is 0 Å². The van der Waals surface area contributed by atoms with E-state index in [4.69, 9.17) is 45.1 Å². The lowest BCUT2D eigenvalue weighted by Crippen LogP contribution is -2.25. The summed E-state index contributed by atoms with van der Waals surface area (Å²) in [5.41, 5.74) is 0. The van der Waals surface area contributed by atoms with Gasteiger partial charge in [-0.15, -0.1) is 11.6 Å². The number of ether oxygens (including phenoxy) is 6. The summed E-state index contributed by atoms with van der Waals surface area (Å²) in [6.07, 6.45) is 0.505. The lowest BCUT2D eigenvalue weighted by molar-refractivity contribution is -0.138. The van der Waals surface area contributed by atoms with E-state index in [9.17, 15) is 9.59 Å². The average molecular weight is 458 g/mol. The fourth-order valence-electron chi connectivity index (χ4n) is 1.97. The Kier molecular flexibility index (Phi) is 23.4. The zero-order valence-corrected chi connectivity index (χ0v) is 18.4. The molecule has 10 nitrogen and oxygen atoms in total. The number of halogens is 1. The predicted molar refractivity (Wildman–Crippen MR) is 110 cm³/mol. The lowest BCUT2D eigenvalue weighted by atomic mass is 10.3. The number of carboxylic acids is 1. The number of nitrogens with one attached hydrogen (secondary N) is 1. The molecule has 0 bridgehead atoms. The van der Waals surface area contributed by atoms with Gasteiger partial charge in [0.25, 0.3) is 0 Å². The summed E-state index contributed by atoms with van der Waals surface area (Å²) in [5.74, 6) is -0.748. The third-order valence-electron chi connectivity index (χ3n) is 3.44. The van der Waals surface area contributed by atoms with Crippen molar-refractivity contribution < 1.29 is 43.1 Å². The first-order valence-corrected chi connectivity index (χ1v) is 10.7. The molecule has 0 rings (SSSR count). The van der Waals surface area contributed by atoms with Crippen molar-refractivity contribution in [3.8, 4) is 0 Å². The summed E-state index contributed by atoms with van der Waals surface area (Å²) in [4.78, 5) is 21.6. The highest BCUT2D eigenvalue weighted by atomic mass is 35.5. The van der Waals surface area contributed by atoms with Crippen molar-refractivity contribution in [1.82, 2.24) is 5.32 Å². The number of carbonyl (C=O) groups is 2. The van der Waals surface area contributed by atoms with Crippen LogP contribution in [0.3, 0.4) is 0 Å². The van der Waals surface area contributed by atoms with Crippen molar-refractivity contribution >= 4 is 23.5 Å². The van der Waals surface area contributed by atoms with Crippen molar-refractivity contribution in [2.24, 2.45) is 0 Å². The molecule has 178 valence electrons. The first kappa shape index (κ1) is 29.0. The molecule has 30 heavy (non-hydrogen) atoms. The van der Waals surface area contributed by atoms with E-state index < -0.39 is 5.97 Å². The van der Waals surface area contributed by atoms with Crippen LogP contribution in [0.15, 0.2) is 0 Å². The summed E-state index contributed by atoms with van der Waals surface area (Å²) in [5, 5.41) is 11.1. The van der Waals surface area contributed by atoms with Crippen LogP contribution in [0.5, 0.6) is 0 Å². The van der Waals surface area contributed by atoms with Crippen LogP contribution in [-0.4, -0.2) is 109 Å². The molecule has 0 aromatic rings. The van der Waals surface area contributed by atoms with E-state index in [1.807, 2.05) is 0 Å². The van der Waals surface area contributed by atoms with Crippen LogP contribution in [0.25, 0.3) is 0 Å². The van der Waals surface area contributed by atoms with Crippen molar-refractivity contribution in [2.75, 3.05) is 91.7 Å². The van der Waals surface area contributed by atoms with E-state index in [0.717, 1.165) is 0 Å². The maximum absolute atomic E-state index is 11.3. The Morgan fingerprint density at radius 1 is 0.633 bits per heavy atom. The molecule has 0 spiro atoms. The Morgan fingerprint density at radius 2 is 1.03 bits per heavy atom. The second-order valence-electron chi connectivity index (χ2n) is 5.96. The van der Waals surface area contributed by atoms with E-state index >= 15 is 0 Å². The third-order valence-corrected chi connectivity index (χ3v) is 3.59. The molecule has 0 saturated carbocycles. The lowest BCUT2D eigenvalue weighted by Gasteiger charge is -2.08. The summed E-state index contributed by atoms with van der Waals surface area (Å²) < 4.78 is 32.0. The van der Waals surface area contributed by atoms with Gasteiger partial charge in [-0.05, 0) is 6.42 Å². The maximum atomic E-state index is 11.3. The van der Waals surface area contributed by atoms with Gasteiger partial charge in [-0.2, -0.15) is 0 Å². The van der Waals surface area contributed by atoms with Crippen molar-refractivity contribution in [2.45, 2.75) is 19.3 Å². The average Bonchev–Trinajstić information content (AvgIpc) is 2.73. The molecular weight excluding hydrogens is 422 g/mol. The van der Waals surface area contributed by atoms with Crippen LogP contribution in [0.1, 0.15) is 19.3 Å². The van der Waals surface area contributed by atoms with Gasteiger partial charge < -0.3 is 38.8 Å². The highest BCUT2D eigenvalue weighted by molar-refractivity contribution is 6.17. The van der Waals surface area contributed by atoms with E-state index in [1.54, 1.807) is 0 Å². The van der Waals surface area contributed by atoms with Gasteiger partial charge in [0.05, 0.1) is 79.1 Å². The second-order valence-corrected chi connectivity index (χ2v) is 6.34. The van der Waals surface area contributed by atoms with E-state index in [1.165, 1.54) is 0 Å². The molecule has 0 aromatic carbocycles. The van der Waals surface area contributed by atoms with Crippen LogP contribution < -0.4 is 5.32 Å². The fraction of sp³-hybridized carbons (Fsp3) is 0.895. The molecule has 0 aliphatic heterocycles. The largest absolute Gasteiger partial charge is 0.481 e. The minimum atomic E-state index is -0.978. The van der Waals surface area contributed by atoms with Crippen LogP contribution in [0.2, 0.25) is 0 Å². The topological polar surface area (TPSA) is 122 Å². The Morgan fingerprint density at radius 3 is 1.43 bits per heavy atom. The van der Waals surface area contributed by atoms with Gasteiger partial charge in [0, 0.05) is 25.5 Å². The SMILES string of the molecule is O=C(O)CCC(=O)NCCCOCCOCCOCCOCCOCCOCCCl. The first-order valence-electron chi connectivity index (χ1n) is 10.2. The zero-order chi connectivity index (χ0) is 22.1. The molecule has 11 heteroatoms. The molecule has 1 amide bonds. The summed E-state index contributed by atoms with van der Waals surface area (Å²) >= 11 is 5.48. The van der Waals surface area contributed by atoms with E-state index in [2.05, 4.69) is 5.32 Å². The smallest absolute Gasteiger partial charge is 0.303 e. The normalized spacial score (nSPS) is 11.0. The molecule has 0 radical (unpaired) electrons. The second kappa shape index (κ2) is 24.3. The molecule has 0 heterocycles. The van der Waals surface area contributed by atoms with Crippen LogP contribution in [-0.2, 0) is 38.0 Å². The fourth-order valence-corrected chi connectivity index (χ4v) is 2.08. The number of alkyl halides is 1. The molecule has 0 aromatic heterocycles. The summed E-state index contributed by atoms with van der Waals surface area (Å²) in [6, 6.07) is 0. The molecule has 0 aliphatic rings. The Labute approximate surface area is 183 Å². The van der Waals surface area contributed by atoms with Gasteiger partial charge in [0.1, 0.15) is 0 Å². The van der Waals surface area contributed by atoms with Crippen LogP contribution >= 0.6 is 11.6 Å². The van der Waals surface area contributed by atoms with Gasteiger partial charge in [-0.25, -0.2) is 0 Å². The Bertz CT molecular complexity index is 402. The molecule has 0 fully saturated rings. The summed E-state index contributed by atoms with van der Waals surface area (Å²) in [6.45, 7) is 6.50. The Balaban J connectivity index is 3.08. The summed E-state index contributed by atoms with van der Waals surface area (Å²) in [7, 11) is 0. The van der Waals surface area contributed by atoms with Crippen molar-refractivity contribution in [3.63, 3.8) is 0 Å². The number of amides is 1. The zero-order valence-electron chi connectivity index (χ0n) is 17.6. The van der Waals surface area contributed by atoms with Crippen LogP contribution in [0, 0.1) is 0 Å². The highest BCUT2D eigenvalue weighted by Gasteiger charge is 2.04. The molecule has 0 aliphatic carbocycles. The molecule has 0 saturated heterocycles. The number of hydrogen-bond acceptors (Lipinski definition) is 8.